The molecule has 1 saturated carbocycles. The third kappa shape index (κ3) is 1.92. The van der Waals surface area contributed by atoms with E-state index in [1.54, 1.807) is 0 Å². The molecular weight excluding hydrogens is 178 g/mol. The maximum Gasteiger partial charge on any atom is 0.220 e. The Morgan fingerprint density at radius 1 is 1.36 bits per heavy atom. The average Bonchev–Trinajstić information content (AvgIpc) is 2.70. The molecule has 1 heterocycles. The van der Waals surface area contributed by atoms with E-state index in [0.717, 1.165) is 12.5 Å². The molecule has 1 aliphatic heterocycles. The summed E-state index contributed by atoms with van der Waals surface area (Å²) in [5.41, 5.74) is 0. The monoisotopic (exact) mass is 197 g/mol. The number of carbonyl (C=O) groups excluding carboxylic acids is 1. The van der Waals surface area contributed by atoms with Gasteiger partial charge < -0.3 is 10.4 Å². The Bertz CT molecular complexity index is 211. The van der Waals surface area contributed by atoms with Crippen molar-refractivity contribution in [2.24, 2.45) is 17.8 Å². The fraction of sp³-hybridized carbons (Fsp3) is 0.909. The third-order valence-corrected chi connectivity index (χ3v) is 3.83. The number of amides is 1. The summed E-state index contributed by atoms with van der Waals surface area (Å²) in [4.78, 5) is 11.2. The lowest BCUT2D eigenvalue weighted by Gasteiger charge is -2.34. The molecule has 14 heavy (non-hydrogen) atoms. The lowest BCUT2D eigenvalue weighted by molar-refractivity contribution is -0.126. The first-order valence-electron chi connectivity index (χ1n) is 5.69. The molecule has 1 amide bonds. The Hall–Kier alpha value is -0.570. The Labute approximate surface area is 84.9 Å². The summed E-state index contributed by atoms with van der Waals surface area (Å²) in [6.07, 6.45) is 5.76. The van der Waals surface area contributed by atoms with Gasteiger partial charge in [0.1, 0.15) is 0 Å². The summed E-state index contributed by atoms with van der Waals surface area (Å²) in [5.74, 6) is 1.60. The predicted octanol–water partition coefficient (Wildman–Crippen LogP) is 0.921. The van der Waals surface area contributed by atoms with Crippen molar-refractivity contribution < 1.29 is 9.90 Å². The highest BCUT2D eigenvalue weighted by molar-refractivity contribution is 5.77. The van der Waals surface area contributed by atoms with E-state index in [1.165, 1.54) is 25.7 Å². The van der Waals surface area contributed by atoms with Gasteiger partial charge in [0.05, 0.1) is 0 Å². The first-order valence-corrected chi connectivity index (χ1v) is 5.69. The van der Waals surface area contributed by atoms with Crippen molar-refractivity contribution in [1.29, 1.82) is 0 Å². The fourth-order valence-corrected chi connectivity index (χ4v) is 3.00. The number of hydrogen-bond donors (Lipinski definition) is 2. The maximum atomic E-state index is 11.2. The van der Waals surface area contributed by atoms with E-state index in [2.05, 4.69) is 5.32 Å². The lowest BCUT2D eigenvalue weighted by Crippen LogP contribution is -2.44. The number of aliphatic hydroxyl groups is 1. The zero-order valence-electron chi connectivity index (χ0n) is 8.54. The number of piperidine rings is 1. The zero-order chi connectivity index (χ0) is 9.97. The van der Waals surface area contributed by atoms with Gasteiger partial charge in [-0.05, 0) is 17.8 Å². The lowest BCUT2D eigenvalue weighted by atomic mass is 9.77. The van der Waals surface area contributed by atoms with Gasteiger partial charge in [0.25, 0.3) is 0 Å². The second-order valence-electron chi connectivity index (χ2n) is 4.66. The molecule has 0 bridgehead atoms. The Kier molecular flexibility index (Phi) is 3.06. The molecule has 0 radical (unpaired) electrons. The van der Waals surface area contributed by atoms with Gasteiger partial charge in [0.15, 0.2) is 0 Å². The number of nitrogens with one attached hydrogen (secondary N) is 1. The summed E-state index contributed by atoms with van der Waals surface area (Å²) in [6.45, 7) is 0.962. The van der Waals surface area contributed by atoms with Crippen LogP contribution in [0.1, 0.15) is 32.1 Å². The topological polar surface area (TPSA) is 49.3 Å². The number of hydrogen-bond acceptors (Lipinski definition) is 2. The van der Waals surface area contributed by atoms with Crippen molar-refractivity contribution in [2.75, 3.05) is 13.2 Å². The van der Waals surface area contributed by atoms with Crippen molar-refractivity contribution in [1.82, 2.24) is 5.32 Å². The van der Waals surface area contributed by atoms with E-state index in [9.17, 15) is 9.90 Å². The van der Waals surface area contributed by atoms with E-state index < -0.39 is 0 Å². The summed E-state index contributed by atoms with van der Waals surface area (Å²) < 4.78 is 0. The van der Waals surface area contributed by atoms with Crippen molar-refractivity contribution >= 4 is 5.91 Å². The fourth-order valence-electron chi connectivity index (χ4n) is 3.00. The molecule has 3 nitrogen and oxygen atoms in total. The quantitative estimate of drug-likeness (QED) is 0.691. The van der Waals surface area contributed by atoms with E-state index >= 15 is 0 Å². The Balaban J connectivity index is 1.97. The zero-order valence-corrected chi connectivity index (χ0v) is 8.54. The standard InChI is InChI=1S/C11H19NO2/c13-7-9-5-11(14)12-6-10(9)8-3-1-2-4-8/h8-10,13H,1-7H2,(H,12,14). The molecule has 2 unspecified atom stereocenters. The molecule has 2 fully saturated rings. The van der Waals surface area contributed by atoms with Crippen molar-refractivity contribution in [2.45, 2.75) is 32.1 Å². The molecule has 2 atom stereocenters. The maximum absolute atomic E-state index is 11.2. The minimum atomic E-state index is 0.110. The van der Waals surface area contributed by atoms with Crippen LogP contribution in [0.4, 0.5) is 0 Å². The average molecular weight is 197 g/mol. The number of carbonyl (C=O) groups is 1. The van der Waals surface area contributed by atoms with Gasteiger partial charge in [0.2, 0.25) is 5.91 Å². The molecule has 1 saturated heterocycles. The molecule has 80 valence electrons. The van der Waals surface area contributed by atoms with Crippen LogP contribution in [0.25, 0.3) is 0 Å². The van der Waals surface area contributed by atoms with Crippen LogP contribution >= 0.6 is 0 Å². The van der Waals surface area contributed by atoms with Crippen LogP contribution in [-0.4, -0.2) is 24.2 Å². The van der Waals surface area contributed by atoms with E-state index in [-0.39, 0.29) is 18.4 Å². The van der Waals surface area contributed by atoms with E-state index in [0.29, 0.717) is 12.3 Å². The van der Waals surface area contributed by atoms with E-state index in [1.807, 2.05) is 0 Å². The second kappa shape index (κ2) is 4.30. The molecule has 0 spiro atoms. The van der Waals surface area contributed by atoms with Crippen molar-refractivity contribution in [3.05, 3.63) is 0 Å². The van der Waals surface area contributed by atoms with Gasteiger partial charge in [-0.15, -0.1) is 0 Å². The number of aliphatic hydroxyl groups excluding tert-OH is 1. The molecule has 1 aliphatic carbocycles. The highest BCUT2D eigenvalue weighted by Gasteiger charge is 2.35. The van der Waals surface area contributed by atoms with Gasteiger partial charge in [-0.25, -0.2) is 0 Å². The first kappa shape index (κ1) is 9.97. The smallest absolute Gasteiger partial charge is 0.220 e. The molecule has 2 N–H and O–H groups in total. The van der Waals surface area contributed by atoms with Crippen molar-refractivity contribution in [3.63, 3.8) is 0 Å². The second-order valence-corrected chi connectivity index (χ2v) is 4.66. The Morgan fingerprint density at radius 3 is 2.71 bits per heavy atom. The molecule has 0 aromatic rings. The van der Waals surface area contributed by atoms with Crippen LogP contribution in [-0.2, 0) is 4.79 Å². The van der Waals surface area contributed by atoms with Crippen LogP contribution in [0.5, 0.6) is 0 Å². The summed E-state index contributed by atoms with van der Waals surface area (Å²) >= 11 is 0. The molecule has 0 aromatic carbocycles. The van der Waals surface area contributed by atoms with Crippen LogP contribution in [0, 0.1) is 17.8 Å². The highest BCUT2D eigenvalue weighted by atomic mass is 16.3. The van der Waals surface area contributed by atoms with Gasteiger partial charge in [-0.2, -0.15) is 0 Å². The van der Waals surface area contributed by atoms with Gasteiger partial charge in [-0.3, -0.25) is 4.79 Å². The molecular formula is C11H19NO2. The third-order valence-electron chi connectivity index (χ3n) is 3.83. The van der Waals surface area contributed by atoms with Gasteiger partial charge in [-0.1, -0.05) is 25.7 Å². The molecule has 2 rings (SSSR count). The SMILES string of the molecule is O=C1CC(CO)C(C2CCCC2)CN1. The van der Waals surface area contributed by atoms with Crippen molar-refractivity contribution in [3.8, 4) is 0 Å². The minimum Gasteiger partial charge on any atom is -0.396 e. The minimum absolute atomic E-state index is 0.110. The van der Waals surface area contributed by atoms with Crippen LogP contribution < -0.4 is 5.32 Å². The predicted molar refractivity (Wildman–Crippen MR) is 53.7 cm³/mol. The van der Waals surface area contributed by atoms with Gasteiger partial charge >= 0.3 is 0 Å². The van der Waals surface area contributed by atoms with Crippen LogP contribution in [0.2, 0.25) is 0 Å². The summed E-state index contributed by atoms with van der Waals surface area (Å²) in [7, 11) is 0. The van der Waals surface area contributed by atoms with Crippen LogP contribution in [0.3, 0.4) is 0 Å². The Morgan fingerprint density at radius 2 is 2.07 bits per heavy atom. The molecule has 3 heteroatoms. The van der Waals surface area contributed by atoms with Crippen LogP contribution in [0.15, 0.2) is 0 Å². The summed E-state index contributed by atoms with van der Waals surface area (Å²) in [6, 6.07) is 0. The normalized spacial score (nSPS) is 34.5. The first-order chi connectivity index (χ1) is 6.81. The molecule has 2 aliphatic rings. The van der Waals surface area contributed by atoms with Gasteiger partial charge in [0, 0.05) is 19.6 Å². The van der Waals surface area contributed by atoms with E-state index in [4.69, 9.17) is 0 Å². The highest BCUT2D eigenvalue weighted by Crippen LogP contribution is 2.37. The summed E-state index contributed by atoms with van der Waals surface area (Å²) in [5, 5.41) is 12.2. The largest absolute Gasteiger partial charge is 0.396 e. The number of rotatable bonds is 2. The molecule has 0 aromatic heterocycles.